The molecule has 5 nitrogen and oxygen atoms in total. The third kappa shape index (κ3) is 4.45. The molecule has 2 aromatic carbocycles. The Balaban J connectivity index is 1.87. The predicted octanol–water partition coefficient (Wildman–Crippen LogP) is 4.40. The first kappa shape index (κ1) is 18.9. The summed E-state index contributed by atoms with van der Waals surface area (Å²) in [6, 6.07) is 18.0. The maximum absolute atomic E-state index is 13.2. The Kier molecular flexibility index (Phi) is 5.27. The van der Waals surface area contributed by atoms with Crippen LogP contribution in [0.15, 0.2) is 66.7 Å². The third-order valence-corrected chi connectivity index (χ3v) is 3.78. The fourth-order valence-electron chi connectivity index (χ4n) is 2.44. The van der Waals surface area contributed by atoms with E-state index in [4.69, 9.17) is 5.26 Å². The molecular weight excluding hydrogens is 369 g/mol. The number of nitrogens with zero attached hydrogens (tertiary/aromatic N) is 2. The Hall–Kier alpha value is -3.86. The maximum Gasteiger partial charge on any atom is 0.416 e. The van der Waals surface area contributed by atoms with Crippen molar-refractivity contribution in [2.45, 2.75) is 6.18 Å². The van der Waals surface area contributed by atoms with Gasteiger partial charge in [0.2, 0.25) is 0 Å². The van der Waals surface area contributed by atoms with Gasteiger partial charge in [0, 0.05) is 11.1 Å². The predicted molar refractivity (Wildman–Crippen MR) is 96.9 cm³/mol. The lowest BCUT2D eigenvalue weighted by Crippen LogP contribution is -2.30. The monoisotopic (exact) mass is 382 g/mol. The maximum atomic E-state index is 13.2. The van der Waals surface area contributed by atoms with Crippen LogP contribution < -0.4 is 10.9 Å². The number of anilines is 1. The molecule has 1 aromatic heterocycles. The SMILES string of the molecule is N#Cc1cccc(C(=O)NNc2cc(C(F)(F)F)cc(-c3ccccc3)n2)c1. The average Bonchev–Trinajstić information content (AvgIpc) is 2.72. The number of nitriles is 1. The van der Waals surface area contributed by atoms with Crippen molar-refractivity contribution in [3.05, 3.63) is 83.4 Å². The molecule has 2 N–H and O–H groups in total. The summed E-state index contributed by atoms with van der Waals surface area (Å²) in [6.45, 7) is 0. The second-order valence-electron chi connectivity index (χ2n) is 5.76. The molecule has 8 heteroatoms. The minimum absolute atomic E-state index is 0.110. The molecule has 0 aliphatic rings. The molecule has 0 radical (unpaired) electrons. The van der Waals surface area contributed by atoms with Gasteiger partial charge in [-0.05, 0) is 30.3 Å². The van der Waals surface area contributed by atoms with Crippen LogP contribution in [-0.2, 0) is 6.18 Å². The topological polar surface area (TPSA) is 77.8 Å². The number of hydrogen-bond acceptors (Lipinski definition) is 4. The summed E-state index contributed by atoms with van der Waals surface area (Å²) in [5.41, 5.74) is 4.89. The van der Waals surface area contributed by atoms with Gasteiger partial charge in [0.1, 0.15) is 5.82 Å². The summed E-state index contributed by atoms with van der Waals surface area (Å²) < 4.78 is 39.7. The van der Waals surface area contributed by atoms with Crippen molar-refractivity contribution in [2.24, 2.45) is 0 Å². The van der Waals surface area contributed by atoms with Gasteiger partial charge in [0.25, 0.3) is 5.91 Å². The van der Waals surface area contributed by atoms with Crippen molar-refractivity contribution in [3.8, 4) is 17.3 Å². The van der Waals surface area contributed by atoms with Crippen molar-refractivity contribution < 1.29 is 18.0 Å². The molecule has 3 aromatic rings. The molecule has 3 rings (SSSR count). The lowest BCUT2D eigenvalue weighted by Gasteiger charge is -2.13. The van der Waals surface area contributed by atoms with Gasteiger partial charge in [0.05, 0.1) is 22.9 Å². The van der Waals surface area contributed by atoms with Crippen molar-refractivity contribution in [1.29, 1.82) is 5.26 Å². The number of benzene rings is 2. The van der Waals surface area contributed by atoms with E-state index in [9.17, 15) is 18.0 Å². The Morgan fingerprint density at radius 2 is 1.75 bits per heavy atom. The largest absolute Gasteiger partial charge is 0.416 e. The van der Waals surface area contributed by atoms with Crippen LogP contribution in [-0.4, -0.2) is 10.9 Å². The summed E-state index contributed by atoms with van der Waals surface area (Å²) in [6.07, 6.45) is -4.58. The van der Waals surface area contributed by atoms with Crippen LogP contribution in [0.3, 0.4) is 0 Å². The first-order valence-electron chi connectivity index (χ1n) is 8.08. The van der Waals surface area contributed by atoms with Crippen molar-refractivity contribution in [2.75, 3.05) is 5.43 Å². The Labute approximate surface area is 158 Å². The van der Waals surface area contributed by atoms with E-state index < -0.39 is 17.6 Å². The number of rotatable bonds is 4. The van der Waals surface area contributed by atoms with Gasteiger partial charge in [0.15, 0.2) is 0 Å². The molecule has 140 valence electrons. The Morgan fingerprint density at radius 3 is 2.43 bits per heavy atom. The molecule has 0 atom stereocenters. The van der Waals surface area contributed by atoms with Gasteiger partial charge >= 0.3 is 6.18 Å². The minimum Gasteiger partial charge on any atom is -0.282 e. The van der Waals surface area contributed by atoms with Gasteiger partial charge in [-0.3, -0.25) is 15.6 Å². The number of carbonyl (C=O) groups is 1. The van der Waals surface area contributed by atoms with E-state index in [2.05, 4.69) is 15.8 Å². The molecule has 0 bridgehead atoms. The zero-order valence-electron chi connectivity index (χ0n) is 14.3. The zero-order valence-corrected chi connectivity index (χ0v) is 14.3. The molecule has 0 aliphatic carbocycles. The lowest BCUT2D eigenvalue weighted by molar-refractivity contribution is -0.137. The van der Waals surface area contributed by atoms with Gasteiger partial charge in [-0.15, -0.1) is 0 Å². The zero-order chi connectivity index (χ0) is 20.1. The number of halogens is 3. The smallest absolute Gasteiger partial charge is 0.282 e. The highest BCUT2D eigenvalue weighted by molar-refractivity contribution is 5.95. The first-order valence-corrected chi connectivity index (χ1v) is 8.08. The molecule has 0 unspecified atom stereocenters. The lowest BCUT2D eigenvalue weighted by atomic mass is 10.1. The van der Waals surface area contributed by atoms with Crippen LogP contribution in [0.25, 0.3) is 11.3 Å². The highest BCUT2D eigenvalue weighted by atomic mass is 19.4. The number of carbonyl (C=O) groups excluding carboxylic acids is 1. The standard InChI is InChI=1S/C20H13F3N4O/c21-20(22,23)16-10-17(14-6-2-1-3-7-14)25-18(11-16)26-27-19(28)15-8-4-5-13(9-15)12-24/h1-11H,(H,25,26)(H,27,28). The highest BCUT2D eigenvalue weighted by Gasteiger charge is 2.31. The van der Waals surface area contributed by atoms with Gasteiger partial charge in [-0.1, -0.05) is 36.4 Å². The van der Waals surface area contributed by atoms with E-state index in [0.29, 0.717) is 5.56 Å². The van der Waals surface area contributed by atoms with Gasteiger partial charge < -0.3 is 0 Å². The number of pyridine rings is 1. The number of aromatic nitrogens is 1. The van der Waals surface area contributed by atoms with E-state index >= 15 is 0 Å². The summed E-state index contributed by atoms with van der Waals surface area (Å²) in [5.74, 6) is -0.781. The highest BCUT2D eigenvalue weighted by Crippen LogP contribution is 2.33. The molecule has 1 heterocycles. The summed E-state index contributed by atoms with van der Waals surface area (Å²) in [7, 11) is 0. The van der Waals surface area contributed by atoms with Crippen LogP contribution in [0, 0.1) is 11.3 Å². The van der Waals surface area contributed by atoms with Gasteiger partial charge in [-0.25, -0.2) is 4.98 Å². The molecule has 1 amide bonds. The fraction of sp³-hybridized carbons (Fsp3) is 0.0500. The van der Waals surface area contributed by atoms with Crippen LogP contribution in [0.5, 0.6) is 0 Å². The quantitative estimate of drug-likeness (QED) is 0.656. The number of nitrogens with one attached hydrogen (secondary N) is 2. The van der Waals surface area contributed by atoms with E-state index in [1.54, 1.807) is 30.3 Å². The molecule has 0 aliphatic heterocycles. The second kappa shape index (κ2) is 7.80. The van der Waals surface area contributed by atoms with E-state index in [-0.39, 0.29) is 22.6 Å². The molecule has 0 spiro atoms. The number of hydrazine groups is 1. The van der Waals surface area contributed by atoms with Crippen molar-refractivity contribution in [1.82, 2.24) is 10.4 Å². The number of amides is 1. The number of hydrogen-bond donors (Lipinski definition) is 2. The minimum atomic E-state index is -4.58. The normalized spacial score (nSPS) is 10.8. The summed E-state index contributed by atoms with van der Waals surface area (Å²) in [5, 5.41) is 8.88. The molecule has 0 fully saturated rings. The third-order valence-electron chi connectivity index (χ3n) is 3.78. The molecule has 0 saturated carbocycles. The van der Waals surface area contributed by atoms with E-state index in [1.807, 2.05) is 6.07 Å². The molecule has 28 heavy (non-hydrogen) atoms. The Morgan fingerprint density at radius 1 is 1.00 bits per heavy atom. The Bertz CT molecular complexity index is 1040. The second-order valence-corrected chi connectivity index (χ2v) is 5.76. The fourth-order valence-corrected chi connectivity index (χ4v) is 2.44. The van der Waals surface area contributed by atoms with Crippen molar-refractivity contribution in [3.63, 3.8) is 0 Å². The van der Waals surface area contributed by atoms with Gasteiger partial charge in [-0.2, -0.15) is 18.4 Å². The van der Waals surface area contributed by atoms with Crippen molar-refractivity contribution >= 4 is 11.7 Å². The molecular formula is C20H13F3N4O. The molecule has 0 saturated heterocycles. The van der Waals surface area contributed by atoms with Crippen LogP contribution in [0.4, 0.5) is 19.0 Å². The average molecular weight is 382 g/mol. The van der Waals surface area contributed by atoms with E-state index in [1.165, 1.54) is 24.3 Å². The number of alkyl halides is 3. The van der Waals surface area contributed by atoms with Crippen LogP contribution in [0.2, 0.25) is 0 Å². The van der Waals surface area contributed by atoms with Crippen LogP contribution in [0.1, 0.15) is 21.5 Å². The summed E-state index contributed by atoms with van der Waals surface area (Å²) in [4.78, 5) is 16.3. The van der Waals surface area contributed by atoms with E-state index in [0.717, 1.165) is 12.1 Å². The summed E-state index contributed by atoms with van der Waals surface area (Å²) >= 11 is 0. The first-order chi connectivity index (χ1) is 13.4. The van der Waals surface area contributed by atoms with Crippen LogP contribution >= 0.6 is 0 Å².